The molecule has 0 radical (unpaired) electrons. The molecule has 5 nitrogen and oxygen atoms in total. The number of carbonyl (C=O) groups is 1. The zero-order valence-electron chi connectivity index (χ0n) is 20.3. The molecule has 0 N–H and O–H groups in total. The van der Waals surface area contributed by atoms with E-state index in [2.05, 4.69) is 55.1 Å². The Morgan fingerprint density at radius 3 is 2.45 bits per heavy atom. The van der Waals surface area contributed by atoms with Crippen LogP contribution in [0, 0.1) is 0 Å². The van der Waals surface area contributed by atoms with E-state index in [4.69, 9.17) is 9.84 Å². The van der Waals surface area contributed by atoms with Gasteiger partial charge < -0.3 is 9.64 Å². The molecule has 0 bridgehead atoms. The van der Waals surface area contributed by atoms with Crippen molar-refractivity contribution in [1.82, 2.24) is 14.7 Å². The van der Waals surface area contributed by atoms with Crippen molar-refractivity contribution < 1.29 is 9.53 Å². The smallest absolute Gasteiger partial charge is 0.151 e. The quantitative estimate of drug-likeness (QED) is 0.407. The standard InChI is InChI=1S/C17H25N3O2.C8H17Br/c1-11(21)8-20-16-7-5-6-15(16)17(18-20)14(4)19-9-12(2)22-13(3)10-19;1-3-5-7-8(9)6-4-2/h12-13H,4-10H2,1-3H3;8H,3-7H2,1-2H3. The molecule has 0 aromatic carbocycles. The highest BCUT2D eigenvalue weighted by atomic mass is 79.9. The number of rotatable bonds is 9. The molecule has 0 spiro atoms. The zero-order valence-corrected chi connectivity index (χ0v) is 21.8. The van der Waals surface area contributed by atoms with Crippen LogP contribution in [0.1, 0.15) is 90.1 Å². The van der Waals surface area contributed by atoms with Crippen molar-refractivity contribution >= 4 is 27.4 Å². The first-order valence-corrected chi connectivity index (χ1v) is 13.0. The summed E-state index contributed by atoms with van der Waals surface area (Å²) in [4.78, 5) is 14.5. The minimum absolute atomic E-state index is 0.142. The van der Waals surface area contributed by atoms with E-state index in [1.807, 2.05) is 4.68 Å². The first kappa shape index (κ1) is 26.1. The molecular formula is C25H42BrN3O2. The Labute approximate surface area is 197 Å². The van der Waals surface area contributed by atoms with Crippen LogP contribution in [-0.4, -0.2) is 50.6 Å². The number of ketones is 1. The maximum Gasteiger partial charge on any atom is 0.151 e. The second-order valence-corrected chi connectivity index (χ2v) is 10.4. The largest absolute Gasteiger partial charge is 0.372 e. The number of Topliss-reactive ketones (excluding diaryl/α,β-unsaturated/α-hetero) is 1. The summed E-state index contributed by atoms with van der Waals surface area (Å²) in [5.74, 6) is 0.142. The number of ether oxygens (including phenoxy) is 1. The second-order valence-electron chi connectivity index (χ2n) is 9.12. The van der Waals surface area contributed by atoms with Gasteiger partial charge in [-0.1, -0.05) is 55.6 Å². The van der Waals surface area contributed by atoms with Crippen molar-refractivity contribution in [2.75, 3.05) is 13.1 Å². The number of aromatic nitrogens is 2. The van der Waals surface area contributed by atoms with Crippen molar-refractivity contribution in [3.05, 3.63) is 23.5 Å². The first-order valence-electron chi connectivity index (χ1n) is 12.1. The molecule has 6 heteroatoms. The van der Waals surface area contributed by atoms with Gasteiger partial charge in [0.2, 0.25) is 0 Å². The van der Waals surface area contributed by atoms with Crippen LogP contribution in [0.4, 0.5) is 0 Å². The van der Waals surface area contributed by atoms with Crippen molar-refractivity contribution in [3.8, 4) is 0 Å². The Morgan fingerprint density at radius 2 is 1.87 bits per heavy atom. The average Bonchev–Trinajstić information content (AvgIpc) is 3.29. The first-order chi connectivity index (χ1) is 14.8. The minimum Gasteiger partial charge on any atom is -0.372 e. The van der Waals surface area contributed by atoms with E-state index < -0.39 is 0 Å². The Bertz CT molecular complexity index is 721. The molecule has 3 atom stereocenters. The normalized spacial score (nSPS) is 21.3. The van der Waals surface area contributed by atoms with Crippen molar-refractivity contribution in [1.29, 1.82) is 0 Å². The summed E-state index contributed by atoms with van der Waals surface area (Å²) in [5, 5.41) is 4.71. The Morgan fingerprint density at radius 1 is 1.19 bits per heavy atom. The summed E-state index contributed by atoms with van der Waals surface area (Å²) in [7, 11) is 0. The van der Waals surface area contributed by atoms with Crippen LogP contribution < -0.4 is 0 Å². The van der Waals surface area contributed by atoms with Crippen LogP contribution >= 0.6 is 15.9 Å². The fourth-order valence-electron chi connectivity index (χ4n) is 4.51. The fraction of sp³-hybridized carbons (Fsp3) is 0.760. The Kier molecular flexibility index (Phi) is 10.8. The number of hydrogen-bond acceptors (Lipinski definition) is 4. The predicted octanol–water partition coefficient (Wildman–Crippen LogP) is 5.78. The van der Waals surface area contributed by atoms with Crippen LogP contribution in [0.3, 0.4) is 0 Å². The molecule has 1 aromatic rings. The third kappa shape index (κ3) is 7.74. The number of nitrogens with zero attached hydrogens (tertiary/aromatic N) is 3. The molecule has 1 aliphatic carbocycles. The van der Waals surface area contributed by atoms with Gasteiger partial charge in [0.25, 0.3) is 0 Å². The molecule has 3 unspecified atom stereocenters. The van der Waals surface area contributed by atoms with Gasteiger partial charge in [-0.3, -0.25) is 9.48 Å². The van der Waals surface area contributed by atoms with Crippen LogP contribution in [0.2, 0.25) is 0 Å². The molecule has 176 valence electrons. The van der Waals surface area contributed by atoms with Gasteiger partial charge in [-0.05, 0) is 52.9 Å². The highest BCUT2D eigenvalue weighted by Crippen LogP contribution is 2.31. The lowest BCUT2D eigenvalue weighted by Crippen LogP contribution is -2.44. The highest BCUT2D eigenvalue weighted by Gasteiger charge is 2.29. The molecule has 0 saturated carbocycles. The molecule has 2 aliphatic rings. The fourth-order valence-corrected chi connectivity index (χ4v) is 5.30. The average molecular weight is 497 g/mol. The summed E-state index contributed by atoms with van der Waals surface area (Å²) < 4.78 is 7.69. The number of carbonyl (C=O) groups excluding carboxylic acids is 1. The molecule has 0 amide bonds. The number of alkyl halides is 1. The van der Waals surface area contributed by atoms with Crippen molar-refractivity contribution in [3.63, 3.8) is 0 Å². The van der Waals surface area contributed by atoms with Gasteiger partial charge in [0.05, 0.1) is 24.4 Å². The lowest BCUT2D eigenvalue weighted by Gasteiger charge is -2.37. The van der Waals surface area contributed by atoms with Gasteiger partial charge in [0.15, 0.2) is 5.78 Å². The number of hydrogen-bond donors (Lipinski definition) is 0. The number of morpholine rings is 1. The lowest BCUT2D eigenvalue weighted by molar-refractivity contribution is -0.117. The van der Waals surface area contributed by atoms with E-state index in [-0.39, 0.29) is 18.0 Å². The number of fused-ring (bicyclic) bond motifs is 1. The Balaban J connectivity index is 0.000000323. The maximum absolute atomic E-state index is 11.5. The van der Waals surface area contributed by atoms with Crippen LogP contribution in [0.15, 0.2) is 6.58 Å². The third-order valence-corrected chi connectivity index (χ3v) is 6.84. The molecule has 1 aromatic heterocycles. The van der Waals surface area contributed by atoms with E-state index in [0.29, 0.717) is 6.54 Å². The van der Waals surface area contributed by atoms with Gasteiger partial charge in [0.1, 0.15) is 5.69 Å². The number of halogens is 1. The van der Waals surface area contributed by atoms with E-state index in [1.165, 1.54) is 43.4 Å². The van der Waals surface area contributed by atoms with Gasteiger partial charge in [-0.15, -0.1) is 0 Å². The summed E-state index contributed by atoms with van der Waals surface area (Å²) in [5.41, 5.74) is 4.47. The predicted molar refractivity (Wildman–Crippen MR) is 133 cm³/mol. The molecule has 3 rings (SSSR count). The van der Waals surface area contributed by atoms with Gasteiger partial charge in [-0.25, -0.2) is 0 Å². The molecule has 31 heavy (non-hydrogen) atoms. The molecule has 1 fully saturated rings. The summed E-state index contributed by atoms with van der Waals surface area (Å²) in [6.45, 7) is 16.6. The third-order valence-electron chi connectivity index (χ3n) is 5.93. The van der Waals surface area contributed by atoms with Crippen LogP contribution in [0.5, 0.6) is 0 Å². The lowest BCUT2D eigenvalue weighted by atomic mass is 10.1. The van der Waals surface area contributed by atoms with Crippen molar-refractivity contribution in [2.24, 2.45) is 0 Å². The zero-order chi connectivity index (χ0) is 23.0. The van der Waals surface area contributed by atoms with E-state index in [9.17, 15) is 4.79 Å². The summed E-state index contributed by atoms with van der Waals surface area (Å²) >= 11 is 3.64. The monoisotopic (exact) mass is 495 g/mol. The van der Waals surface area contributed by atoms with Crippen LogP contribution in [-0.2, 0) is 28.9 Å². The molecule has 1 aliphatic heterocycles. The molecule has 2 heterocycles. The second kappa shape index (κ2) is 12.8. The Hall–Kier alpha value is -1.14. The molecular weight excluding hydrogens is 454 g/mol. The van der Waals surface area contributed by atoms with Crippen molar-refractivity contribution in [2.45, 2.75) is 110 Å². The van der Waals surface area contributed by atoms with Crippen LogP contribution in [0.25, 0.3) is 5.70 Å². The highest BCUT2D eigenvalue weighted by molar-refractivity contribution is 9.09. The SMILES string of the molecule is C=C(c1nn(CC(C)=O)c2c1CCC2)N1CC(C)OC(C)C1.CCCCC(Br)CCC. The number of unbranched alkanes of at least 4 members (excludes halogenated alkanes) is 1. The summed E-state index contributed by atoms with van der Waals surface area (Å²) in [6.07, 6.45) is 10.3. The topological polar surface area (TPSA) is 47.4 Å². The van der Waals surface area contributed by atoms with E-state index >= 15 is 0 Å². The van der Waals surface area contributed by atoms with E-state index in [1.54, 1.807) is 6.92 Å². The maximum atomic E-state index is 11.5. The van der Waals surface area contributed by atoms with Gasteiger partial charge in [0, 0.05) is 29.2 Å². The minimum atomic E-state index is 0.142. The summed E-state index contributed by atoms with van der Waals surface area (Å²) in [6, 6.07) is 0. The van der Waals surface area contributed by atoms with E-state index in [0.717, 1.165) is 48.6 Å². The van der Waals surface area contributed by atoms with Gasteiger partial charge in [-0.2, -0.15) is 5.10 Å². The molecule has 1 saturated heterocycles. The van der Waals surface area contributed by atoms with Gasteiger partial charge >= 0.3 is 0 Å².